The number of fused-ring (bicyclic) bond motifs is 1. The first-order chi connectivity index (χ1) is 16.4. The lowest BCUT2D eigenvalue weighted by Gasteiger charge is -2.20. The summed E-state index contributed by atoms with van der Waals surface area (Å²) in [4.78, 5) is 38.1. The van der Waals surface area contributed by atoms with E-state index in [9.17, 15) is 9.59 Å². The third kappa shape index (κ3) is 5.48. The highest BCUT2D eigenvalue weighted by Crippen LogP contribution is 2.36. The molecule has 186 valence electrons. The molecule has 10 nitrogen and oxygen atoms in total. The smallest absolute Gasteiger partial charge is 0.308 e. The lowest BCUT2D eigenvalue weighted by molar-refractivity contribution is -0.152. The molecular formula is C24H36N6O4. The number of imidazole rings is 1. The fourth-order valence-corrected chi connectivity index (χ4v) is 4.87. The topological polar surface area (TPSA) is 120 Å². The molecule has 0 radical (unpaired) electrons. The Kier molecular flexibility index (Phi) is 7.65. The maximum Gasteiger partial charge on any atom is 0.308 e. The SMILES string of the molecule is CNc1nc(NC(=O)CC2CCCCC2)nc2c1ncn2C1OC(COC(=O)C(C)C)CC1C. The molecule has 1 saturated heterocycles. The monoisotopic (exact) mass is 472 g/mol. The second-order valence-corrected chi connectivity index (χ2v) is 9.87. The number of nitrogens with one attached hydrogen (secondary N) is 2. The van der Waals surface area contributed by atoms with Crippen molar-refractivity contribution >= 4 is 34.8 Å². The predicted octanol–water partition coefficient (Wildman–Crippen LogP) is 3.90. The molecule has 1 aliphatic heterocycles. The van der Waals surface area contributed by atoms with Crippen molar-refractivity contribution in [1.82, 2.24) is 19.5 Å². The highest BCUT2D eigenvalue weighted by atomic mass is 16.6. The first kappa shape index (κ1) is 24.4. The lowest BCUT2D eigenvalue weighted by atomic mass is 9.87. The van der Waals surface area contributed by atoms with Crippen molar-refractivity contribution in [2.45, 2.75) is 78.0 Å². The summed E-state index contributed by atoms with van der Waals surface area (Å²) in [5, 5.41) is 5.94. The number of hydrogen-bond donors (Lipinski definition) is 2. The number of hydrogen-bond acceptors (Lipinski definition) is 8. The largest absolute Gasteiger partial charge is 0.463 e. The molecule has 3 heterocycles. The second kappa shape index (κ2) is 10.7. The number of ether oxygens (including phenoxy) is 2. The molecule has 0 aromatic carbocycles. The van der Waals surface area contributed by atoms with Gasteiger partial charge in [-0.05, 0) is 25.2 Å². The van der Waals surface area contributed by atoms with E-state index >= 15 is 0 Å². The molecule has 2 N–H and O–H groups in total. The van der Waals surface area contributed by atoms with Gasteiger partial charge in [-0.15, -0.1) is 0 Å². The summed E-state index contributed by atoms with van der Waals surface area (Å²) in [7, 11) is 1.77. The summed E-state index contributed by atoms with van der Waals surface area (Å²) in [6.07, 6.45) is 8.30. The number of carbonyl (C=O) groups excluding carboxylic acids is 2. The van der Waals surface area contributed by atoms with Crippen molar-refractivity contribution in [3.8, 4) is 0 Å². The molecule has 1 aliphatic carbocycles. The first-order valence-electron chi connectivity index (χ1n) is 12.4. The highest BCUT2D eigenvalue weighted by molar-refractivity contribution is 5.91. The number of nitrogens with zero attached hydrogens (tertiary/aromatic N) is 4. The van der Waals surface area contributed by atoms with E-state index in [-0.39, 0.29) is 48.6 Å². The van der Waals surface area contributed by atoms with E-state index < -0.39 is 0 Å². The molecular weight excluding hydrogens is 436 g/mol. The van der Waals surface area contributed by atoms with Gasteiger partial charge in [0.15, 0.2) is 17.0 Å². The van der Waals surface area contributed by atoms with E-state index in [0.29, 0.717) is 29.3 Å². The van der Waals surface area contributed by atoms with Crippen molar-refractivity contribution < 1.29 is 19.1 Å². The van der Waals surface area contributed by atoms with Crippen molar-refractivity contribution in [2.24, 2.45) is 17.8 Å². The van der Waals surface area contributed by atoms with Gasteiger partial charge < -0.3 is 14.8 Å². The van der Waals surface area contributed by atoms with Crippen LogP contribution in [0.1, 0.15) is 71.9 Å². The van der Waals surface area contributed by atoms with Crippen LogP contribution in [0.3, 0.4) is 0 Å². The zero-order valence-corrected chi connectivity index (χ0v) is 20.5. The van der Waals surface area contributed by atoms with E-state index in [1.165, 1.54) is 19.3 Å². The Balaban J connectivity index is 1.50. The normalized spacial score (nSPS) is 23.4. The fourth-order valence-electron chi connectivity index (χ4n) is 4.87. The first-order valence-corrected chi connectivity index (χ1v) is 12.4. The number of aromatic nitrogens is 4. The maximum absolute atomic E-state index is 12.7. The van der Waals surface area contributed by atoms with E-state index in [2.05, 4.69) is 32.5 Å². The summed E-state index contributed by atoms with van der Waals surface area (Å²) >= 11 is 0. The Morgan fingerprint density at radius 1 is 1.24 bits per heavy atom. The van der Waals surface area contributed by atoms with Crippen LogP contribution in [0.4, 0.5) is 11.8 Å². The lowest BCUT2D eigenvalue weighted by Crippen LogP contribution is -2.22. The Morgan fingerprint density at radius 2 is 2.00 bits per heavy atom. The average molecular weight is 473 g/mol. The molecule has 2 fully saturated rings. The van der Waals surface area contributed by atoms with Gasteiger partial charge in [0.05, 0.1) is 18.3 Å². The third-order valence-corrected chi connectivity index (χ3v) is 6.72. The minimum absolute atomic E-state index is 0.0584. The Morgan fingerprint density at radius 3 is 2.71 bits per heavy atom. The quantitative estimate of drug-likeness (QED) is 0.555. The van der Waals surface area contributed by atoms with Crippen LogP contribution in [0, 0.1) is 17.8 Å². The Labute approximate surface area is 200 Å². The minimum Gasteiger partial charge on any atom is -0.463 e. The van der Waals surface area contributed by atoms with Gasteiger partial charge in [0, 0.05) is 19.4 Å². The van der Waals surface area contributed by atoms with E-state index in [1.807, 2.05) is 18.4 Å². The van der Waals surface area contributed by atoms with Crippen LogP contribution in [-0.4, -0.2) is 51.2 Å². The Bertz CT molecular complexity index is 1020. The molecule has 2 aromatic rings. The van der Waals surface area contributed by atoms with Crippen LogP contribution in [0.2, 0.25) is 0 Å². The van der Waals surface area contributed by atoms with Crippen molar-refractivity contribution in [1.29, 1.82) is 0 Å². The molecule has 0 bridgehead atoms. The molecule has 1 saturated carbocycles. The predicted molar refractivity (Wildman–Crippen MR) is 128 cm³/mol. The van der Waals surface area contributed by atoms with Gasteiger partial charge in [0.2, 0.25) is 11.9 Å². The molecule has 10 heteroatoms. The Hall–Kier alpha value is -2.75. The van der Waals surface area contributed by atoms with Crippen molar-refractivity contribution in [3.05, 3.63) is 6.33 Å². The molecule has 3 atom stereocenters. The molecule has 1 amide bonds. The third-order valence-electron chi connectivity index (χ3n) is 6.72. The van der Waals surface area contributed by atoms with Gasteiger partial charge in [0.25, 0.3) is 0 Å². The number of anilines is 2. The van der Waals surface area contributed by atoms with Crippen LogP contribution in [0.15, 0.2) is 6.33 Å². The standard InChI is InChI=1S/C24H36N6O4/c1-14(2)23(32)33-12-17-10-15(3)22(34-17)30-13-26-19-20(25-4)28-24(29-21(19)30)27-18(31)11-16-8-6-5-7-9-16/h13-17,22H,5-12H2,1-4H3,(H2,25,27,28,29,31). The van der Waals surface area contributed by atoms with Crippen LogP contribution in [-0.2, 0) is 19.1 Å². The minimum atomic E-state index is -0.307. The summed E-state index contributed by atoms with van der Waals surface area (Å²) in [5.74, 6) is 0.941. The molecule has 2 aliphatic rings. The maximum atomic E-state index is 12.7. The van der Waals surface area contributed by atoms with Gasteiger partial charge in [0.1, 0.15) is 12.8 Å². The number of amides is 1. The highest BCUT2D eigenvalue weighted by Gasteiger charge is 2.35. The average Bonchev–Trinajstić information content (AvgIpc) is 3.40. The zero-order chi connectivity index (χ0) is 24.2. The molecule has 0 spiro atoms. The summed E-state index contributed by atoms with van der Waals surface area (Å²) < 4.78 is 13.5. The zero-order valence-electron chi connectivity index (χ0n) is 20.5. The number of rotatable bonds is 8. The second-order valence-electron chi connectivity index (χ2n) is 9.87. The van der Waals surface area contributed by atoms with Crippen LogP contribution in [0.25, 0.3) is 11.2 Å². The summed E-state index contributed by atoms with van der Waals surface area (Å²) in [6, 6.07) is 0. The van der Waals surface area contributed by atoms with E-state index in [1.54, 1.807) is 13.4 Å². The van der Waals surface area contributed by atoms with Crippen LogP contribution in [0.5, 0.6) is 0 Å². The van der Waals surface area contributed by atoms with Crippen LogP contribution >= 0.6 is 0 Å². The van der Waals surface area contributed by atoms with Crippen molar-refractivity contribution in [3.63, 3.8) is 0 Å². The van der Waals surface area contributed by atoms with Crippen LogP contribution < -0.4 is 10.6 Å². The van der Waals surface area contributed by atoms with Gasteiger partial charge in [-0.2, -0.15) is 9.97 Å². The van der Waals surface area contributed by atoms with Crippen molar-refractivity contribution in [2.75, 3.05) is 24.3 Å². The van der Waals surface area contributed by atoms with Gasteiger partial charge >= 0.3 is 5.97 Å². The molecule has 2 aromatic heterocycles. The van der Waals surface area contributed by atoms with Gasteiger partial charge in [-0.3, -0.25) is 19.5 Å². The molecule has 3 unspecified atom stereocenters. The van der Waals surface area contributed by atoms with E-state index in [4.69, 9.17) is 9.47 Å². The number of carbonyl (C=O) groups is 2. The summed E-state index contributed by atoms with van der Waals surface area (Å²) in [6.45, 7) is 5.94. The molecule has 4 rings (SSSR count). The van der Waals surface area contributed by atoms with Gasteiger partial charge in [-0.25, -0.2) is 4.98 Å². The fraction of sp³-hybridized carbons (Fsp3) is 0.708. The van der Waals surface area contributed by atoms with Gasteiger partial charge in [-0.1, -0.05) is 40.0 Å². The molecule has 34 heavy (non-hydrogen) atoms. The summed E-state index contributed by atoms with van der Waals surface area (Å²) in [5.41, 5.74) is 1.20. The van der Waals surface area contributed by atoms with E-state index in [0.717, 1.165) is 19.3 Å². The number of esters is 1.